The largest absolute Gasteiger partial charge is 0.444 e. The molecule has 1 aliphatic rings. The van der Waals surface area contributed by atoms with Crippen molar-refractivity contribution in [2.75, 3.05) is 19.3 Å². The second-order valence-corrected chi connectivity index (χ2v) is 7.24. The Balaban J connectivity index is 2.12. The number of nitrogens with one attached hydrogen (secondary N) is 1. The van der Waals surface area contributed by atoms with Gasteiger partial charge in [-0.25, -0.2) is 9.78 Å². The van der Waals surface area contributed by atoms with Crippen LogP contribution in [0.25, 0.3) is 0 Å². The van der Waals surface area contributed by atoms with Crippen LogP contribution in [0.1, 0.15) is 45.2 Å². The maximum absolute atomic E-state index is 12.2. The summed E-state index contributed by atoms with van der Waals surface area (Å²) in [7, 11) is 0. The first kappa shape index (κ1) is 16.9. The van der Waals surface area contributed by atoms with Gasteiger partial charge in [0.05, 0.1) is 5.69 Å². The van der Waals surface area contributed by atoms with Gasteiger partial charge in [-0.05, 0) is 39.9 Å². The molecule has 1 aromatic rings. The van der Waals surface area contributed by atoms with Gasteiger partial charge >= 0.3 is 6.09 Å². The van der Waals surface area contributed by atoms with Crippen LogP contribution in [-0.4, -0.2) is 45.9 Å². The molecule has 6 nitrogen and oxygen atoms in total. The zero-order valence-corrected chi connectivity index (χ0v) is 14.3. The lowest BCUT2D eigenvalue weighted by molar-refractivity contribution is 0.0197. The van der Waals surface area contributed by atoms with Crippen molar-refractivity contribution in [2.45, 2.75) is 50.3 Å². The molecule has 22 heavy (non-hydrogen) atoms. The predicted octanol–water partition coefficient (Wildman–Crippen LogP) is 2.61. The normalized spacial score (nSPS) is 19.1. The van der Waals surface area contributed by atoms with Crippen molar-refractivity contribution in [2.24, 2.45) is 0 Å². The fourth-order valence-electron chi connectivity index (χ4n) is 2.47. The zero-order chi connectivity index (χ0) is 16.3. The van der Waals surface area contributed by atoms with Crippen LogP contribution in [0.4, 0.5) is 4.79 Å². The molecule has 0 bridgehead atoms. The maximum atomic E-state index is 12.2. The number of likely N-dealkylation sites (tertiary alicyclic amines) is 1. The fraction of sp³-hybridized carbons (Fsp3) is 0.667. The van der Waals surface area contributed by atoms with E-state index in [1.54, 1.807) is 4.90 Å². The summed E-state index contributed by atoms with van der Waals surface area (Å²) in [5, 5.41) is 0.608. The Hall–Kier alpha value is -1.50. The van der Waals surface area contributed by atoms with Crippen LogP contribution in [-0.2, 0) is 4.74 Å². The first-order valence-corrected chi connectivity index (χ1v) is 8.64. The lowest BCUT2D eigenvalue weighted by Gasteiger charge is -2.33. The van der Waals surface area contributed by atoms with E-state index in [0.29, 0.717) is 18.2 Å². The van der Waals surface area contributed by atoms with Gasteiger partial charge < -0.3 is 14.6 Å². The van der Waals surface area contributed by atoms with E-state index in [9.17, 15) is 9.59 Å². The van der Waals surface area contributed by atoms with Crippen LogP contribution >= 0.6 is 11.8 Å². The standard InChI is InChI=1S/C15H23N3O3S/c1-15(2,3)21-14(20)18-7-5-6-10(9-18)11-8-12(19)17-13(16-11)22-4/h8,10H,5-7,9H2,1-4H3,(H,16,17,19)/t10-/m1/s1. The van der Waals surface area contributed by atoms with Crippen LogP contribution in [0.5, 0.6) is 0 Å². The number of hydrogen-bond donors (Lipinski definition) is 1. The van der Waals surface area contributed by atoms with Gasteiger partial charge in [-0.1, -0.05) is 11.8 Å². The highest BCUT2D eigenvalue weighted by molar-refractivity contribution is 7.98. The Morgan fingerprint density at radius 3 is 2.86 bits per heavy atom. The lowest BCUT2D eigenvalue weighted by Crippen LogP contribution is -2.42. The number of carbonyl (C=O) groups is 1. The number of carbonyl (C=O) groups excluding carboxylic acids is 1. The average Bonchev–Trinajstić information content (AvgIpc) is 2.45. The molecule has 1 N–H and O–H groups in total. The second-order valence-electron chi connectivity index (χ2n) is 6.45. The minimum absolute atomic E-state index is 0.0782. The topological polar surface area (TPSA) is 75.3 Å². The number of hydrogen-bond acceptors (Lipinski definition) is 5. The molecule has 0 spiro atoms. The lowest BCUT2D eigenvalue weighted by atomic mass is 9.95. The minimum atomic E-state index is -0.502. The maximum Gasteiger partial charge on any atom is 0.410 e. The molecule has 7 heteroatoms. The summed E-state index contributed by atoms with van der Waals surface area (Å²) in [5.41, 5.74) is 0.100. The molecule has 1 fully saturated rings. The molecule has 0 unspecified atom stereocenters. The number of thioether (sulfide) groups is 1. The highest BCUT2D eigenvalue weighted by Gasteiger charge is 2.29. The van der Waals surface area contributed by atoms with Gasteiger partial charge in [0.1, 0.15) is 5.60 Å². The smallest absolute Gasteiger partial charge is 0.410 e. The molecular formula is C15H23N3O3S. The molecule has 0 aromatic carbocycles. The van der Waals surface area contributed by atoms with Gasteiger partial charge in [0, 0.05) is 25.1 Å². The van der Waals surface area contributed by atoms with E-state index in [2.05, 4.69) is 9.97 Å². The molecule has 1 atom stereocenters. The van der Waals surface area contributed by atoms with Crippen LogP contribution in [0.2, 0.25) is 0 Å². The molecule has 2 rings (SSSR count). The van der Waals surface area contributed by atoms with Crippen molar-refractivity contribution in [3.63, 3.8) is 0 Å². The molecular weight excluding hydrogens is 302 g/mol. The molecule has 1 aromatic heterocycles. The molecule has 0 saturated carbocycles. The monoisotopic (exact) mass is 325 g/mol. The van der Waals surface area contributed by atoms with Crippen molar-refractivity contribution in [1.82, 2.24) is 14.9 Å². The van der Waals surface area contributed by atoms with E-state index < -0.39 is 5.60 Å². The van der Waals surface area contributed by atoms with Gasteiger partial charge in [-0.2, -0.15) is 0 Å². The van der Waals surface area contributed by atoms with Crippen molar-refractivity contribution < 1.29 is 9.53 Å². The number of aromatic nitrogens is 2. The Bertz CT molecular complexity index is 594. The van der Waals surface area contributed by atoms with Gasteiger partial charge in [-0.15, -0.1) is 0 Å². The van der Waals surface area contributed by atoms with Gasteiger partial charge in [0.2, 0.25) is 0 Å². The molecule has 1 saturated heterocycles. The van der Waals surface area contributed by atoms with E-state index in [0.717, 1.165) is 18.5 Å². The number of ether oxygens (including phenoxy) is 1. The summed E-state index contributed by atoms with van der Waals surface area (Å²) in [6, 6.07) is 1.53. The summed E-state index contributed by atoms with van der Waals surface area (Å²) in [6.45, 7) is 6.79. The molecule has 0 radical (unpaired) electrons. The minimum Gasteiger partial charge on any atom is -0.444 e. The van der Waals surface area contributed by atoms with E-state index in [1.807, 2.05) is 27.0 Å². The van der Waals surface area contributed by atoms with Crippen LogP contribution < -0.4 is 5.56 Å². The molecule has 122 valence electrons. The van der Waals surface area contributed by atoms with E-state index in [4.69, 9.17) is 4.74 Å². The van der Waals surface area contributed by atoms with Crippen molar-refractivity contribution in [3.8, 4) is 0 Å². The number of rotatable bonds is 2. The Morgan fingerprint density at radius 2 is 2.23 bits per heavy atom. The number of nitrogens with zero attached hydrogens (tertiary/aromatic N) is 2. The zero-order valence-electron chi connectivity index (χ0n) is 13.5. The molecule has 0 aliphatic carbocycles. The number of aromatic amines is 1. The molecule has 1 amide bonds. The summed E-state index contributed by atoms with van der Waals surface area (Å²) in [4.78, 5) is 32.8. The van der Waals surface area contributed by atoms with E-state index >= 15 is 0 Å². The number of amides is 1. The second kappa shape index (κ2) is 6.73. The Morgan fingerprint density at radius 1 is 1.50 bits per heavy atom. The summed E-state index contributed by atoms with van der Waals surface area (Å²) < 4.78 is 5.42. The third-order valence-electron chi connectivity index (χ3n) is 3.42. The third kappa shape index (κ3) is 4.50. The molecule has 2 heterocycles. The Kier molecular flexibility index (Phi) is 5.16. The average molecular weight is 325 g/mol. The van der Waals surface area contributed by atoms with E-state index in [1.165, 1.54) is 17.8 Å². The SMILES string of the molecule is CSc1nc([C@@H]2CCCN(C(=O)OC(C)(C)C)C2)cc(=O)[nH]1. The van der Waals surface area contributed by atoms with Crippen molar-refractivity contribution in [1.29, 1.82) is 0 Å². The quantitative estimate of drug-likeness (QED) is 0.668. The summed E-state index contributed by atoms with van der Waals surface area (Å²) >= 11 is 1.40. The highest BCUT2D eigenvalue weighted by atomic mass is 32.2. The van der Waals surface area contributed by atoms with Gasteiger partial charge in [0.25, 0.3) is 5.56 Å². The molecule has 1 aliphatic heterocycles. The Labute approximate surface area is 134 Å². The number of H-pyrrole nitrogens is 1. The van der Waals surface area contributed by atoms with Crippen LogP contribution in [0.3, 0.4) is 0 Å². The van der Waals surface area contributed by atoms with Gasteiger partial charge in [0.15, 0.2) is 5.16 Å². The predicted molar refractivity (Wildman–Crippen MR) is 86.4 cm³/mol. The first-order chi connectivity index (χ1) is 10.3. The van der Waals surface area contributed by atoms with Crippen molar-refractivity contribution >= 4 is 17.9 Å². The van der Waals surface area contributed by atoms with Crippen LogP contribution in [0, 0.1) is 0 Å². The van der Waals surface area contributed by atoms with E-state index in [-0.39, 0.29) is 17.6 Å². The first-order valence-electron chi connectivity index (χ1n) is 7.41. The summed E-state index contributed by atoms with van der Waals surface area (Å²) in [5.74, 6) is 0.0782. The number of piperidine rings is 1. The van der Waals surface area contributed by atoms with Crippen LogP contribution in [0.15, 0.2) is 16.0 Å². The van der Waals surface area contributed by atoms with Gasteiger partial charge in [-0.3, -0.25) is 4.79 Å². The summed E-state index contributed by atoms with van der Waals surface area (Å²) in [6.07, 6.45) is 3.37. The third-order valence-corrected chi connectivity index (χ3v) is 4.00. The highest BCUT2D eigenvalue weighted by Crippen LogP contribution is 2.26. The van der Waals surface area contributed by atoms with Crippen molar-refractivity contribution in [3.05, 3.63) is 22.1 Å². The fourth-order valence-corrected chi connectivity index (χ4v) is 2.87.